The van der Waals surface area contributed by atoms with Gasteiger partial charge >= 0.3 is 0 Å². The molecule has 1 fully saturated rings. The third-order valence-corrected chi connectivity index (χ3v) is 7.44. The summed E-state index contributed by atoms with van der Waals surface area (Å²) in [7, 11) is -1.90. The van der Waals surface area contributed by atoms with E-state index in [0.29, 0.717) is 31.2 Å². The van der Waals surface area contributed by atoms with Crippen molar-refractivity contribution in [3.63, 3.8) is 0 Å². The molecule has 0 saturated carbocycles. The average Bonchev–Trinajstić information content (AvgIpc) is 2.75. The lowest BCUT2D eigenvalue weighted by atomic mass is 10.1. The van der Waals surface area contributed by atoms with Crippen molar-refractivity contribution in [3.05, 3.63) is 59.7 Å². The van der Waals surface area contributed by atoms with Crippen LogP contribution in [0.15, 0.2) is 53.4 Å². The van der Waals surface area contributed by atoms with Gasteiger partial charge in [0, 0.05) is 38.9 Å². The van der Waals surface area contributed by atoms with E-state index in [2.05, 4.69) is 22.0 Å². The minimum atomic E-state index is -3.51. The van der Waals surface area contributed by atoms with Crippen LogP contribution < -0.4 is 5.32 Å². The Labute approximate surface area is 185 Å². The molecule has 1 aliphatic rings. The molecular formula is C23H32N4O3S. The molecule has 8 heteroatoms. The molecule has 2 aromatic rings. The molecule has 2 aromatic carbocycles. The van der Waals surface area contributed by atoms with Gasteiger partial charge in [0.1, 0.15) is 0 Å². The minimum absolute atomic E-state index is 0.0200. The minimum Gasteiger partial charge on any atom is -0.325 e. The maximum atomic E-state index is 12.8. The number of rotatable bonds is 8. The van der Waals surface area contributed by atoms with Gasteiger partial charge in [-0.2, -0.15) is 4.31 Å². The highest BCUT2D eigenvalue weighted by Crippen LogP contribution is 2.17. The van der Waals surface area contributed by atoms with Crippen LogP contribution in [-0.4, -0.2) is 74.9 Å². The van der Waals surface area contributed by atoms with Crippen molar-refractivity contribution in [1.29, 1.82) is 0 Å². The number of para-hydroxylation sites is 1. The second-order valence-corrected chi connectivity index (χ2v) is 10.1. The van der Waals surface area contributed by atoms with Crippen LogP contribution in [0.5, 0.6) is 0 Å². The van der Waals surface area contributed by atoms with E-state index in [-0.39, 0.29) is 5.91 Å². The van der Waals surface area contributed by atoms with E-state index in [1.807, 2.05) is 43.3 Å². The van der Waals surface area contributed by atoms with Crippen LogP contribution >= 0.6 is 0 Å². The second-order valence-electron chi connectivity index (χ2n) is 8.01. The number of sulfonamides is 1. The van der Waals surface area contributed by atoms with Crippen LogP contribution in [0.3, 0.4) is 0 Å². The molecule has 0 unspecified atom stereocenters. The van der Waals surface area contributed by atoms with Crippen LogP contribution in [0.2, 0.25) is 0 Å². The summed E-state index contributed by atoms with van der Waals surface area (Å²) >= 11 is 0. The van der Waals surface area contributed by atoms with Crippen LogP contribution in [-0.2, 0) is 21.2 Å². The lowest BCUT2D eigenvalue weighted by molar-refractivity contribution is -0.117. The number of piperazine rings is 1. The first-order valence-corrected chi connectivity index (χ1v) is 12.1. The third-order valence-electron chi connectivity index (χ3n) is 5.63. The first kappa shape index (κ1) is 23.4. The maximum Gasteiger partial charge on any atom is 0.243 e. The summed E-state index contributed by atoms with van der Waals surface area (Å²) in [5, 5.41) is 3.01. The quantitative estimate of drug-likeness (QED) is 0.677. The van der Waals surface area contributed by atoms with E-state index in [1.165, 1.54) is 4.31 Å². The Morgan fingerprint density at radius 1 is 1.00 bits per heavy atom. The lowest BCUT2D eigenvalue weighted by Gasteiger charge is -2.36. The summed E-state index contributed by atoms with van der Waals surface area (Å²) < 4.78 is 27.0. The molecule has 7 nitrogen and oxygen atoms in total. The molecule has 1 heterocycles. The van der Waals surface area contributed by atoms with E-state index in [9.17, 15) is 13.2 Å². The topological polar surface area (TPSA) is 73.0 Å². The van der Waals surface area contributed by atoms with E-state index in [1.54, 1.807) is 19.2 Å². The Balaban J connectivity index is 1.48. The fraction of sp³-hybridized carbons (Fsp3) is 0.435. The van der Waals surface area contributed by atoms with Crippen molar-refractivity contribution in [2.24, 2.45) is 0 Å². The lowest BCUT2D eigenvalue weighted by Crippen LogP contribution is -2.51. The van der Waals surface area contributed by atoms with Crippen molar-refractivity contribution in [2.45, 2.75) is 25.2 Å². The van der Waals surface area contributed by atoms with Gasteiger partial charge < -0.3 is 5.32 Å². The zero-order valence-corrected chi connectivity index (χ0v) is 19.4. The van der Waals surface area contributed by atoms with Gasteiger partial charge in [-0.1, -0.05) is 42.8 Å². The second kappa shape index (κ2) is 10.4. The molecule has 0 spiro atoms. The summed E-state index contributed by atoms with van der Waals surface area (Å²) in [6, 6.07) is 14.8. The summed E-state index contributed by atoms with van der Waals surface area (Å²) in [5.74, 6) is -0.0200. The number of benzene rings is 2. The number of hydrogen-bond donors (Lipinski definition) is 1. The average molecular weight is 445 g/mol. The highest BCUT2D eigenvalue weighted by atomic mass is 32.2. The highest BCUT2D eigenvalue weighted by molar-refractivity contribution is 7.89. The van der Waals surface area contributed by atoms with Gasteiger partial charge in [-0.05, 0) is 37.1 Å². The van der Waals surface area contributed by atoms with Crippen molar-refractivity contribution >= 4 is 21.6 Å². The van der Waals surface area contributed by atoms with Crippen LogP contribution in [0, 0.1) is 6.92 Å². The van der Waals surface area contributed by atoms with Crippen molar-refractivity contribution < 1.29 is 13.2 Å². The fourth-order valence-electron chi connectivity index (χ4n) is 3.68. The summed E-state index contributed by atoms with van der Waals surface area (Å²) in [6.07, 6.45) is 0.869. The fourth-order valence-corrected chi connectivity index (χ4v) is 4.84. The molecule has 168 valence electrons. The Kier molecular flexibility index (Phi) is 7.83. The SMILES string of the molecule is CCc1ccccc1NC(=O)CN1CCN(CN(C)S(=O)(=O)c2ccc(C)cc2)CC1. The van der Waals surface area contributed by atoms with Crippen molar-refractivity contribution in [3.8, 4) is 0 Å². The molecule has 3 rings (SSSR count). The predicted octanol–water partition coefficient (Wildman–Crippen LogP) is 2.39. The standard InChI is InChI=1S/C23H32N4O3S/c1-4-20-7-5-6-8-22(20)24-23(28)17-26-13-15-27(16-14-26)18-25(3)31(29,30)21-11-9-19(2)10-12-21/h5-12H,4,13-18H2,1-3H3,(H,24,28). The van der Waals surface area contributed by atoms with Gasteiger partial charge in [-0.15, -0.1) is 0 Å². The number of nitrogens with zero attached hydrogens (tertiary/aromatic N) is 3. The predicted molar refractivity (Wildman–Crippen MR) is 123 cm³/mol. The number of nitrogens with one attached hydrogen (secondary N) is 1. The Hall–Kier alpha value is -2.26. The smallest absolute Gasteiger partial charge is 0.243 e. The van der Waals surface area contributed by atoms with E-state index in [0.717, 1.165) is 36.3 Å². The molecule has 0 bridgehead atoms. The first-order valence-electron chi connectivity index (χ1n) is 10.6. The normalized spacial score (nSPS) is 15.9. The molecule has 0 aromatic heterocycles. The van der Waals surface area contributed by atoms with Gasteiger partial charge in [-0.25, -0.2) is 8.42 Å². The first-order chi connectivity index (χ1) is 14.8. The van der Waals surface area contributed by atoms with Crippen LogP contribution in [0.1, 0.15) is 18.1 Å². The summed E-state index contributed by atoms with van der Waals surface area (Å²) in [4.78, 5) is 17.0. The Morgan fingerprint density at radius 3 is 2.26 bits per heavy atom. The zero-order valence-electron chi connectivity index (χ0n) is 18.5. The number of carbonyl (C=O) groups is 1. The molecule has 31 heavy (non-hydrogen) atoms. The summed E-state index contributed by atoms with van der Waals surface area (Å²) in [6.45, 7) is 7.55. The molecular weight excluding hydrogens is 412 g/mol. The van der Waals surface area contributed by atoms with Crippen molar-refractivity contribution in [2.75, 3.05) is 51.8 Å². The largest absolute Gasteiger partial charge is 0.325 e. The molecule has 1 N–H and O–H groups in total. The Morgan fingerprint density at radius 2 is 1.61 bits per heavy atom. The number of amides is 1. The zero-order chi connectivity index (χ0) is 22.4. The molecule has 1 amide bonds. The number of aryl methyl sites for hydroxylation is 2. The van der Waals surface area contributed by atoms with Gasteiger partial charge in [0.15, 0.2) is 0 Å². The highest BCUT2D eigenvalue weighted by Gasteiger charge is 2.25. The van der Waals surface area contributed by atoms with Gasteiger partial charge in [0.25, 0.3) is 0 Å². The van der Waals surface area contributed by atoms with Crippen LogP contribution in [0.25, 0.3) is 0 Å². The monoisotopic (exact) mass is 444 g/mol. The Bertz CT molecular complexity index is 984. The third kappa shape index (κ3) is 6.13. The molecule has 0 atom stereocenters. The molecule has 1 aliphatic heterocycles. The summed E-state index contributed by atoms with van der Waals surface area (Å²) in [5.41, 5.74) is 3.02. The van der Waals surface area contributed by atoms with Crippen LogP contribution in [0.4, 0.5) is 5.69 Å². The number of carbonyl (C=O) groups excluding carboxylic acids is 1. The van der Waals surface area contributed by atoms with Crippen molar-refractivity contribution in [1.82, 2.24) is 14.1 Å². The van der Waals surface area contributed by atoms with Gasteiger partial charge in [0.05, 0.1) is 18.1 Å². The van der Waals surface area contributed by atoms with E-state index in [4.69, 9.17) is 0 Å². The van der Waals surface area contributed by atoms with Gasteiger partial charge in [0.2, 0.25) is 15.9 Å². The number of hydrogen-bond acceptors (Lipinski definition) is 5. The van der Waals surface area contributed by atoms with Gasteiger partial charge in [-0.3, -0.25) is 14.6 Å². The molecule has 0 aliphatic carbocycles. The molecule has 1 saturated heterocycles. The number of anilines is 1. The maximum absolute atomic E-state index is 12.8. The van der Waals surface area contributed by atoms with E-state index < -0.39 is 10.0 Å². The molecule has 0 radical (unpaired) electrons. The van der Waals surface area contributed by atoms with E-state index >= 15 is 0 Å².